The van der Waals surface area contributed by atoms with E-state index in [-0.39, 0.29) is 24.0 Å². The zero-order valence-corrected chi connectivity index (χ0v) is 11.9. The maximum Gasteiger partial charge on any atom is 0.130 e. The number of nitrogens with two attached hydrogens (primary N) is 1. The molecule has 2 atom stereocenters. The van der Waals surface area contributed by atoms with E-state index in [1.807, 2.05) is 6.92 Å². The van der Waals surface area contributed by atoms with Crippen LogP contribution in [0, 0.1) is 17.6 Å². The van der Waals surface area contributed by atoms with Gasteiger partial charge >= 0.3 is 0 Å². The highest BCUT2D eigenvalue weighted by atomic mass is 35.5. The maximum atomic E-state index is 13.7. The smallest absolute Gasteiger partial charge is 0.130 e. The van der Waals surface area contributed by atoms with Crippen molar-refractivity contribution in [3.05, 3.63) is 35.4 Å². The highest BCUT2D eigenvalue weighted by Crippen LogP contribution is 2.29. The Bertz CT molecular complexity index is 394. The van der Waals surface area contributed by atoms with E-state index in [1.165, 1.54) is 18.2 Å². The number of hydrogen-bond acceptors (Lipinski definition) is 2. The van der Waals surface area contributed by atoms with Crippen LogP contribution in [0.3, 0.4) is 0 Å². The van der Waals surface area contributed by atoms with Gasteiger partial charge in [0.05, 0.1) is 0 Å². The Labute approximate surface area is 119 Å². The Morgan fingerprint density at radius 1 is 1.37 bits per heavy atom. The lowest BCUT2D eigenvalue weighted by atomic mass is 9.95. The van der Waals surface area contributed by atoms with Crippen LogP contribution in [0.4, 0.5) is 8.78 Å². The van der Waals surface area contributed by atoms with Crippen molar-refractivity contribution in [1.82, 2.24) is 4.90 Å². The van der Waals surface area contributed by atoms with Crippen LogP contribution in [0.15, 0.2) is 18.2 Å². The van der Waals surface area contributed by atoms with Crippen molar-refractivity contribution in [1.29, 1.82) is 0 Å². The van der Waals surface area contributed by atoms with E-state index in [2.05, 4.69) is 4.90 Å². The average molecular weight is 291 g/mol. The Balaban J connectivity index is 0.00000180. The number of halogens is 3. The van der Waals surface area contributed by atoms with Gasteiger partial charge in [0.25, 0.3) is 0 Å². The molecule has 0 aliphatic carbocycles. The minimum atomic E-state index is -0.461. The maximum absolute atomic E-state index is 13.7. The predicted octanol–water partition coefficient (Wildman–Crippen LogP) is 3.12. The lowest BCUT2D eigenvalue weighted by molar-refractivity contribution is 0.130. The van der Waals surface area contributed by atoms with Crippen LogP contribution in [-0.2, 0) is 0 Å². The quantitative estimate of drug-likeness (QED) is 0.927. The molecule has 1 aromatic carbocycles. The molecule has 0 bridgehead atoms. The van der Waals surface area contributed by atoms with Gasteiger partial charge in [-0.3, -0.25) is 4.90 Å². The summed E-state index contributed by atoms with van der Waals surface area (Å²) in [4.78, 5) is 2.13. The Hall–Kier alpha value is -0.710. The van der Waals surface area contributed by atoms with Crippen LogP contribution in [0.25, 0.3) is 0 Å². The normalized spacial score (nSPS) is 21.8. The van der Waals surface area contributed by atoms with E-state index >= 15 is 0 Å². The monoisotopic (exact) mass is 290 g/mol. The lowest BCUT2D eigenvalue weighted by Crippen LogP contribution is -2.40. The van der Waals surface area contributed by atoms with Crippen molar-refractivity contribution in [2.45, 2.75) is 25.8 Å². The van der Waals surface area contributed by atoms with Crippen molar-refractivity contribution in [2.75, 3.05) is 19.6 Å². The predicted molar refractivity (Wildman–Crippen MR) is 75.4 cm³/mol. The molecule has 19 heavy (non-hydrogen) atoms. The molecule has 0 radical (unpaired) electrons. The van der Waals surface area contributed by atoms with E-state index in [4.69, 9.17) is 5.73 Å². The van der Waals surface area contributed by atoms with Gasteiger partial charge in [-0.25, -0.2) is 8.78 Å². The second-order valence-corrected chi connectivity index (χ2v) is 5.05. The van der Waals surface area contributed by atoms with Gasteiger partial charge in [-0.1, -0.05) is 6.07 Å². The van der Waals surface area contributed by atoms with E-state index in [0.29, 0.717) is 12.5 Å². The third kappa shape index (κ3) is 3.65. The summed E-state index contributed by atoms with van der Waals surface area (Å²) in [6, 6.07) is 3.80. The first kappa shape index (κ1) is 16.3. The summed E-state index contributed by atoms with van der Waals surface area (Å²) < 4.78 is 27.5. The Kier molecular flexibility index (Phi) is 6.17. The number of rotatable bonds is 3. The van der Waals surface area contributed by atoms with Crippen LogP contribution >= 0.6 is 12.4 Å². The van der Waals surface area contributed by atoms with Crippen LogP contribution in [0.5, 0.6) is 0 Å². The summed E-state index contributed by atoms with van der Waals surface area (Å²) in [7, 11) is 0. The van der Waals surface area contributed by atoms with E-state index < -0.39 is 11.6 Å². The fourth-order valence-corrected chi connectivity index (χ4v) is 2.73. The van der Waals surface area contributed by atoms with E-state index in [1.54, 1.807) is 0 Å². The lowest BCUT2D eigenvalue weighted by Gasteiger charge is -2.36. The number of likely N-dealkylation sites (tertiary alicyclic amines) is 1. The molecule has 108 valence electrons. The van der Waals surface area contributed by atoms with E-state index in [0.717, 1.165) is 25.9 Å². The minimum Gasteiger partial charge on any atom is -0.330 e. The highest BCUT2D eigenvalue weighted by molar-refractivity contribution is 5.85. The largest absolute Gasteiger partial charge is 0.330 e. The first-order chi connectivity index (χ1) is 8.63. The molecule has 0 aromatic heterocycles. The first-order valence-corrected chi connectivity index (χ1v) is 6.51. The van der Waals surface area contributed by atoms with Crippen molar-refractivity contribution in [3.8, 4) is 0 Å². The first-order valence-electron chi connectivity index (χ1n) is 6.51. The van der Waals surface area contributed by atoms with E-state index in [9.17, 15) is 8.78 Å². The molecular formula is C14H21ClF2N2. The molecule has 2 rings (SSSR count). The molecular weight excluding hydrogens is 270 g/mol. The van der Waals surface area contributed by atoms with Gasteiger partial charge in [0.15, 0.2) is 0 Å². The molecule has 1 saturated heterocycles. The van der Waals surface area contributed by atoms with Gasteiger partial charge in [-0.15, -0.1) is 12.4 Å². The van der Waals surface area contributed by atoms with Crippen molar-refractivity contribution in [2.24, 2.45) is 11.7 Å². The topological polar surface area (TPSA) is 29.3 Å². The Morgan fingerprint density at radius 3 is 2.58 bits per heavy atom. The number of piperidine rings is 1. The Morgan fingerprint density at radius 2 is 2.00 bits per heavy atom. The summed E-state index contributed by atoms with van der Waals surface area (Å²) in [5.74, 6) is -0.481. The molecule has 5 heteroatoms. The molecule has 0 amide bonds. The van der Waals surface area contributed by atoms with Gasteiger partial charge in [-0.05, 0) is 50.9 Å². The second-order valence-electron chi connectivity index (χ2n) is 5.05. The van der Waals surface area contributed by atoms with Crippen LogP contribution < -0.4 is 5.73 Å². The second kappa shape index (κ2) is 7.17. The molecule has 2 nitrogen and oxygen atoms in total. The molecule has 0 spiro atoms. The molecule has 1 aliphatic rings. The van der Waals surface area contributed by atoms with Crippen molar-refractivity contribution in [3.63, 3.8) is 0 Å². The number of nitrogens with zero attached hydrogens (tertiary/aromatic N) is 1. The zero-order chi connectivity index (χ0) is 13.1. The standard InChI is InChI=1S/C14H20F2N2.ClH/c1-10(14-12(15)5-2-6-13(14)16)18-7-3-4-11(8-17)9-18;/h2,5-6,10-11H,3-4,7-9,17H2,1H3;1H. The number of benzene rings is 1. The summed E-state index contributed by atoms with van der Waals surface area (Å²) in [5, 5.41) is 0. The third-order valence-corrected chi connectivity index (χ3v) is 3.85. The van der Waals surface area contributed by atoms with Crippen LogP contribution in [-0.4, -0.2) is 24.5 Å². The SMILES string of the molecule is CC(c1c(F)cccc1F)N1CCCC(CN)C1.Cl. The molecule has 1 aliphatic heterocycles. The fourth-order valence-electron chi connectivity index (χ4n) is 2.73. The molecule has 1 aromatic rings. The van der Waals surface area contributed by atoms with Crippen molar-refractivity contribution < 1.29 is 8.78 Å². The van der Waals surface area contributed by atoms with Gasteiger partial charge in [0.2, 0.25) is 0 Å². The molecule has 2 unspecified atom stereocenters. The summed E-state index contributed by atoms with van der Waals surface area (Å²) >= 11 is 0. The summed E-state index contributed by atoms with van der Waals surface area (Å²) in [6.07, 6.45) is 2.15. The average Bonchev–Trinajstić information content (AvgIpc) is 2.38. The third-order valence-electron chi connectivity index (χ3n) is 3.85. The molecule has 0 saturated carbocycles. The van der Waals surface area contributed by atoms with Gasteiger partial charge in [0.1, 0.15) is 11.6 Å². The summed E-state index contributed by atoms with van der Waals surface area (Å²) in [5.41, 5.74) is 5.87. The van der Waals surface area contributed by atoms with Gasteiger partial charge in [0, 0.05) is 18.2 Å². The van der Waals surface area contributed by atoms with Crippen molar-refractivity contribution >= 4 is 12.4 Å². The zero-order valence-electron chi connectivity index (χ0n) is 11.1. The molecule has 2 N–H and O–H groups in total. The van der Waals surface area contributed by atoms with Gasteiger partial charge < -0.3 is 5.73 Å². The minimum absolute atomic E-state index is 0. The molecule has 1 fully saturated rings. The van der Waals surface area contributed by atoms with Gasteiger partial charge in [-0.2, -0.15) is 0 Å². The number of hydrogen-bond donors (Lipinski definition) is 1. The van der Waals surface area contributed by atoms with Crippen LogP contribution in [0.1, 0.15) is 31.4 Å². The summed E-state index contributed by atoms with van der Waals surface area (Å²) in [6.45, 7) is 4.21. The highest BCUT2D eigenvalue weighted by Gasteiger charge is 2.26. The van der Waals surface area contributed by atoms with Crippen LogP contribution in [0.2, 0.25) is 0 Å². The molecule has 1 heterocycles. The fraction of sp³-hybridized carbons (Fsp3) is 0.571.